The molecule has 0 unspecified atom stereocenters. The van der Waals surface area contributed by atoms with Gasteiger partial charge in [0.15, 0.2) is 0 Å². The Morgan fingerprint density at radius 1 is 1.19 bits per heavy atom. The number of likely N-dealkylation sites (tertiary alicyclic amines) is 1. The summed E-state index contributed by atoms with van der Waals surface area (Å²) < 4.78 is 13.7. The van der Waals surface area contributed by atoms with Crippen LogP contribution in [0, 0.1) is 11.8 Å². The fourth-order valence-corrected chi connectivity index (χ4v) is 4.69. The van der Waals surface area contributed by atoms with Gasteiger partial charge in [0.25, 0.3) is 0 Å². The van der Waals surface area contributed by atoms with Crippen molar-refractivity contribution in [1.29, 1.82) is 0 Å². The zero-order valence-electron chi connectivity index (χ0n) is 17.4. The molecule has 7 heteroatoms. The van der Waals surface area contributed by atoms with Crippen molar-refractivity contribution in [1.82, 2.24) is 15.1 Å². The summed E-state index contributed by atoms with van der Waals surface area (Å²) in [6.45, 7) is 7.88. The van der Waals surface area contributed by atoms with Gasteiger partial charge in [0.1, 0.15) is 12.2 Å². The highest BCUT2D eigenvalue weighted by molar-refractivity contribution is 5.86. The van der Waals surface area contributed by atoms with Crippen molar-refractivity contribution in [2.45, 2.75) is 83.6 Å². The summed E-state index contributed by atoms with van der Waals surface area (Å²) in [5.74, 6) is -0.0588. The van der Waals surface area contributed by atoms with Crippen LogP contribution in [0.5, 0.6) is 0 Å². The van der Waals surface area contributed by atoms with E-state index in [1.807, 2.05) is 34.7 Å². The van der Waals surface area contributed by atoms with Gasteiger partial charge < -0.3 is 15.3 Å². The smallest absolute Gasteiger partial charge is 0.408 e. The van der Waals surface area contributed by atoms with Crippen molar-refractivity contribution < 1.29 is 19.1 Å². The van der Waals surface area contributed by atoms with Crippen molar-refractivity contribution in [2.24, 2.45) is 11.8 Å². The van der Waals surface area contributed by atoms with Gasteiger partial charge in [-0.2, -0.15) is 0 Å². The Kier molecular flexibility index (Phi) is 7.11. The van der Waals surface area contributed by atoms with Crippen LogP contribution in [0.15, 0.2) is 0 Å². The lowest BCUT2D eigenvalue weighted by Crippen LogP contribution is -2.60. The number of rotatable bonds is 5. The maximum Gasteiger partial charge on any atom is 0.408 e. The van der Waals surface area contributed by atoms with Crippen LogP contribution in [0.25, 0.3) is 0 Å². The first-order chi connectivity index (χ1) is 12.6. The zero-order valence-corrected chi connectivity index (χ0v) is 17.4. The molecule has 0 aromatic rings. The number of carboxylic acid groups (broad SMARTS) is 1. The lowest BCUT2D eigenvalue weighted by molar-refractivity contribution is -0.140. The minimum atomic E-state index is -1.09. The molecule has 3 atom stereocenters. The predicted molar refractivity (Wildman–Crippen MR) is 103 cm³/mol. The third kappa shape index (κ3) is 5.12. The molecule has 2 fully saturated rings. The topological polar surface area (TPSA) is 72.9 Å². The second kappa shape index (κ2) is 8.76. The van der Waals surface area contributed by atoms with Crippen molar-refractivity contribution >= 4 is 12.0 Å². The Morgan fingerprint density at radius 2 is 1.78 bits per heavy atom. The van der Waals surface area contributed by atoms with E-state index in [1.54, 1.807) is 0 Å². The summed E-state index contributed by atoms with van der Waals surface area (Å²) in [5, 5.41) is 13.2. The van der Waals surface area contributed by atoms with Gasteiger partial charge in [0.05, 0.1) is 6.54 Å². The Labute approximate surface area is 162 Å². The minimum Gasteiger partial charge on any atom is -0.465 e. The molecule has 0 bridgehead atoms. The van der Waals surface area contributed by atoms with Gasteiger partial charge in [0, 0.05) is 18.1 Å². The van der Waals surface area contributed by atoms with E-state index in [4.69, 9.17) is 0 Å². The van der Waals surface area contributed by atoms with Gasteiger partial charge >= 0.3 is 6.09 Å². The number of hydrogen-bond acceptors (Lipinski definition) is 3. The molecule has 0 aromatic carbocycles. The van der Waals surface area contributed by atoms with Gasteiger partial charge in [-0.15, -0.1) is 0 Å². The summed E-state index contributed by atoms with van der Waals surface area (Å²) in [6.07, 6.45) is 2.25. The average molecular weight is 386 g/mol. The zero-order chi connectivity index (χ0) is 20.4. The van der Waals surface area contributed by atoms with Gasteiger partial charge in [0.2, 0.25) is 5.91 Å². The number of carbonyl (C=O) groups is 2. The van der Waals surface area contributed by atoms with Crippen molar-refractivity contribution in [3.05, 3.63) is 0 Å². The van der Waals surface area contributed by atoms with Crippen molar-refractivity contribution in [3.63, 3.8) is 0 Å². The molecule has 1 aliphatic heterocycles. The van der Waals surface area contributed by atoms with Gasteiger partial charge in [-0.05, 0) is 71.8 Å². The summed E-state index contributed by atoms with van der Waals surface area (Å²) in [7, 11) is 1.97. The second-order valence-corrected chi connectivity index (χ2v) is 9.20. The third-order valence-corrected chi connectivity index (χ3v) is 6.32. The quantitative estimate of drug-likeness (QED) is 0.763. The van der Waals surface area contributed by atoms with E-state index in [2.05, 4.69) is 5.32 Å². The highest BCUT2D eigenvalue weighted by Gasteiger charge is 2.45. The maximum atomic E-state index is 13.7. The van der Waals surface area contributed by atoms with E-state index in [0.29, 0.717) is 19.0 Å². The summed E-state index contributed by atoms with van der Waals surface area (Å²) in [6, 6.07) is -0.282. The molecule has 0 spiro atoms. The molecule has 1 saturated carbocycles. The second-order valence-electron chi connectivity index (χ2n) is 9.20. The van der Waals surface area contributed by atoms with Crippen LogP contribution in [-0.2, 0) is 4.79 Å². The highest BCUT2D eigenvalue weighted by atomic mass is 19.1. The molecule has 1 saturated heterocycles. The van der Waals surface area contributed by atoms with Gasteiger partial charge in [-0.1, -0.05) is 6.92 Å². The number of nitrogens with one attached hydrogen (secondary N) is 1. The van der Waals surface area contributed by atoms with Crippen LogP contribution < -0.4 is 5.32 Å². The van der Waals surface area contributed by atoms with E-state index in [1.165, 1.54) is 9.80 Å². The van der Waals surface area contributed by atoms with Crippen LogP contribution in [0.3, 0.4) is 0 Å². The van der Waals surface area contributed by atoms with Crippen LogP contribution in [0.1, 0.15) is 59.8 Å². The summed E-state index contributed by atoms with van der Waals surface area (Å²) in [4.78, 5) is 28.3. The molecule has 2 aliphatic rings. The van der Waals surface area contributed by atoms with E-state index in [-0.39, 0.29) is 24.3 Å². The molecule has 1 heterocycles. The number of hydrogen-bond donors (Lipinski definition) is 2. The molecule has 6 nitrogen and oxygen atoms in total. The fraction of sp³-hybridized carbons (Fsp3) is 0.900. The highest BCUT2D eigenvalue weighted by Crippen LogP contribution is 2.36. The fourth-order valence-electron chi connectivity index (χ4n) is 4.69. The van der Waals surface area contributed by atoms with E-state index < -0.39 is 23.8 Å². The summed E-state index contributed by atoms with van der Waals surface area (Å²) in [5.41, 5.74) is -0.711. The molecule has 0 radical (unpaired) electrons. The molecule has 2 rings (SSSR count). The molecule has 2 N–H and O–H groups in total. The molecule has 0 aromatic heterocycles. The van der Waals surface area contributed by atoms with Gasteiger partial charge in [-0.3, -0.25) is 9.69 Å². The molecule has 27 heavy (non-hydrogen) atoms. The number of halogens is 1. The molecule has 156 valence electrons. The first-order valence-corrected chi connectivity index (χ1v) is 10.2. The Hall–Kier alpha value is -1.37. The Balaban J connectivity index is 2.28. The minimum absolute atomic E-state index is 0.0755. The standard InChI is InChI=1S/C20H36FN3O3/c1-13(14-6-8-16(22-5)9-7-14)17(24(19(26)27)20(2,3)4)18(25)23-11-10-15(21)12-23/h13-17,22H,6-12H2,1-5H3,(H,26,27)/t13-,14?,15-,16?,17-/m0/s1. The molecule has 1 aliphatic carbocycles. The number of alkyl halides is 1. The third-order valence-electron chi connectivity index (χ3n) is 6.32. The van der Waals surface area contributed by atoms with E-state index >= 15 is 0 Å². The molecular weight excluding hydrogens is 349 g/mol. The van der Waals surface area contributed by atoms with Gasteiger partial charge in [-0.25, -0.2) is 9.18 Å². The largest absolute Gasteiger partial charge is 0.465 e. The average Bonchev–Trinajstić information content (AvgIpc) is 3.03. The Bertz CT molecular complexity index is 529. The van der Waals surface area contributed by atoms with E-state index in [9.17, 15) is 19.1 Å². The normalized spacial score (nSPS) is 28.7. The first kappa shape index (κ1) is 21.9. The molecular formula is C20H36FN3O3. The van der Waals surface area contributed by atoms with Crippen LogP contribution in [0.2, 0.25) is 0 Å². The van der Waals surface area contributed by atoms with Crippen LogP contribution >= 0.6 is 0 Å². The number of carbonyl (C=O) groups excluding carboxylic acids is 1. The van der Waals surface area contributed by atoms with Crippen molar-refractivity contribution in [3.8, 4) is 0 Å². The maximum absolute atomic E-state index is 13.7. The lowest BCUT2D eigenvalue weighted by Gasteiger charge is -2.45. The first-order valence-electron chi connectivity index (χ1n) is 10.2. The lowest BCUT2D eigenvalue weighted by atomic mass is 9.75. The van der Waals surface area contributed by atoms with Crippen LogP contribution in [-0.4, -0.2) is 70.8 Å². The Morgan fingerprint density at radius 3 is 2.19 bits per heavy atom. The number of amides is 2. The molecule has 2 amide bonds. The van der Waals surface area contributed by atoms with E-state index in [0.717, 1.165) is 25.7 Å². The summed E-state index contributed by atoms with van der Waals surface area (Å²) >= 11 is 0. The van der Waals surface area contributed by atoms with Crippen molar-refractivity contribution in [2.75, 3.05) is 20.1 Å². The SMILES string of the molecule is CNC1CCC([C@H](C)[C@@H](C(=O)N2CC[C@H](F)C2)N(C(=O)O)C(C)(C)C)CC1. The predicted octanol–water partition coefficient (Wildman–Crippen LogP) is 3.12. The number of nitrogens with zero attached hydrogens (tertiary/aromatic N) is 2. The van der Waals surface area contributed by atoms with Crippen LogP contribution in [0.4, 0.5) is 9.18 Å². The monoisotopic (exact) mass is 385 g/mol.